The summed E-state index contributed by atoms with van der Waals surface area (Å²) in [6, 6.07) is 18.7. The van der Waals surface area contributed by atoms with Gasteiger partial charge in [0.1, 0.15) is 11.3 Å². The molecule has 0 aliphatic carbocycles. The SMILES string of the molecule is O=c1cc(-c2ccccc2)c2cc(Cl)c3c(c2o1)CN(c1ccc2c(c1)OCO2)CO3. The maximum absolute atomic E-state index is 12.4. The van der Waals surface area contributed by atoms with E-state index in [1.54, 1.807) is 6.07 Å². The highest BCUT2D eigenvalue weighted by Crippen LogP contribution is 2.43. The zero-order chi connectivity index (χ0) is 20.9. The van der Waals surface area contributed by atoms with Gasteiger partial charge >= 0.3 is 5.63 Å². The standard InChI is InChI=1S/C24H16ClNO5/c25-19-9-17-16(14-4-2-1-3-5-14)10-22(27)31-23(17)18-11-26(12-28-24(18)19)15-6-7-20-21(8-15)30-13-29-20/h1-10H,11-13H2. The van der Waals surface area contributed by atoms with Gasteiger partial charge < -0.3 is 23.5 Å². The molecule has 7 heteroatoms. The number of halogens is 1. The summed E-state index contributed by atoms with van der Waals surface area (Å²) in [6.07, 6.45) is 0. The van der Waals surface area contributed by atoms with Crippen LogP contribution < -0.4 is 24.7 Å². The maximum atomic E-state index is 12.4. The van der Waals surface area contributed by atoms with Crippen LogP contribution in [0.3, 0.4) is 0 Å². The van der Waals surface area contributed by atoms with Crippen LogP contribution in [-0.2, 0) is 6.54 Å². The van der Waals surface area contributed by atoms with Crippen molar-refractivity contribution >= 4 is 28.3 Å². The molecule has 0 bridgehead atoms. The van der Waals surface area contributed by atoms with Crippen LogP contribution in [0.15, 0.2) is 69.9 Å². The molecular weight excluding hydrogens is 418 g/mol. The number of ether oxygens (including phenoxy) is 3. The smallest absolute Gasteiger partial charge is 0.336 e. The summed E-state index contributed by atoms with van der Waals surface area (Å²) in [5.41, 5.74) is 3.40. The van der Waals surface area contributed by atoms with Gasteiger partial charge in [0.15, 0.2) is 18.2 Å². The first-order valence-electron chi connectivity index (χ1n) is 9.79. The summed E-state index contributed by atoms with van der Waals surface area (Å²) in [4.78, 5) is 14.5. The Balaban J connectivity index is 1.50. The lowest BCUT2D eigenvalue weighted by Gasteiger charge is -2.31. The Labute approximate surface area is 182 Å². The Bertz CT molecular complexity index is 1380. The predicted octanol–water partition coefficient (Wildman–Crippen LogP) is 5.20. The van der Waals surface area contributed by atoms with Gasteiger partial charge in [0, 0.05) is 23.2 Å². The monoisotopic (exact) mass is 433 g/mol. The molecule has 0 spiro atoms. The summed E-state index contributed by atoms with van der Waals surface area (Å²) < 4.78 is 22.6. The molecule has 0 saturated heterocycles. The van der Waals surface area contributed by atoms with Crippen LogP contribution in [0.25, 0.3) is 22.1 Å². The number of benzene rings is 3. The van der Waals surface area contributed by atoms with Gasteiger partial charge in [0.2, 0.25) is 6.79 Å². The van der Waals surface area contributed by atoms with Crippen molar-refractivity contribution in [2.45, 2.75) is 6.54 Å². The molecule has 0 saturated carbocycles. The van der Waals surface area contributed by atoms with Crippen molar-refractivity contribution in [3.63, 3.8) is 0 Å². The van der Waals surface area contributed by atoms with Crippen LogP contribution >= 0.6 is 11.6 Å². The van der Waals surface area contributed by atoms with Gasteiger partial charge in [0.25, 0.3) is 0 Å². The van der Waals surface area contributed by atoms with Gasteiger partial charge in [0.05, 0.1) is 17.1 Å². The van der Waals surface area contributed by atoms with E-state index in [-0.39, 0.29) is 6.79 Å². The summed E-state index contributed by atoms with van der Waals surface area (Å²) in [5.74, 6) is 1.95. The molecule has 6 nitrogen and oxygen atoms in total. The van der Waals surface area contributed by atoms with Crippen molar-refractivity contribution < 1.29 is 18.6 Å². The Morgan fingerprint density at radius 2 is 1.74 bits per heavy atom. The quantitative estimate of drug-likeness (QED) is 0.405. The van der Waals surface area contributed by atoms with Crippen LogP contribution in [0.1, 0.15) is 5.56 Å². The van der Waals surface area contributed by atoms with E-state index in [0.717, 1.165) is 27.8 Å². The minimum Gasteiger partial charge on any atom is -0.471 e. The number of nitrogens with zero attached hydrogens (tertiary/aromatic N) is 1. The molecule has 0 N–H and O–H groups in total. The summed E-state index contributed by atoms with van der Waals surface area (Å²) in [6.45, 7) is 0.986. The van der Waals surface area contributed by atoms with Gasteiger partial charge in [-0.25, -0.2) is 4.79 Å². The normalized spacial score (nSPS) is 14.4. The molecular formula is C24H16ClNO5. The second kappa shape index (κ2) is 6.96. The van der Waals surface area contributed by atoms with Gasteiger partial charge in [-0.1, -0.05) is 41.9 Å². The third-order valence-electron chi connectivity index (χ3n) is 5.56. The molecule has 154 valence electrons. The number of fused-ring (bicyclic) bond motifs is 4. The molecule has 0 amide bonds. The lowest BCUT2D eigenvalue weighted by atomic mass is 9.99. The zero-order valence-corrected chi connectivity index (χ0v) is 17.0. The molecule has 0 fully saturated rings. The number of hydrogen-bond acceptors (Lipinski definition) is 6. The average Bonchev–Trinajstić information content (AvgIpc) is 3.27. The Kier molecular flexibility index (Phi) is 4.07. The van der Waals surface area contributed by atoms with Gasteiger partial charge in [-0.15, -0.1) is 0 Å². The van der Waals surface area contributed by atoms with Crippen molar-refractivity contribution in [3.8, 4) is 28.4 Å². The fraction of sp³-hybridized carbons (Fsp3) is 0.125. The molecule has 6 rings (SSSR count). The highest BCUT2D eigenvalue weighted by atomic mass is 35.5. The van der Waals surface area contributed by atoms with Crippen molar-refractivity contribution in [3.05, 3.63) is 81.7 Å². The van der Waals surface area contributed by atoms with E-state index >= 15 is 0 Å². The summed E-state index contributed by atoms with van der Waals surface area (Å²) in [7, 11) is 0. The Hall–Kier alpha value is -3.64. The first-order valence-corrected chi connectivity index (χ1v) is 10.2. The van der Waals surface area contributed by atoms with Crippen LogP contribution in [0, 0.1) is 0 Å². The molecule has 31 heavy (non-hydrogen) atoms. The number of hydrogen-bond donors (Lipinski definition) is 0. The van der Waals surface area contributed by atoms with E-state index in [1.807, 2.05) is 53.4 Å². The second-order valence-corrected chi connectivity index (χ2v) is 7.80. The molecule has 2 aliphatic heterocycles. The topological polar surface area (TPSA) is 61.1 Å². The summed E-state index contributed by atoms with van der Waals surface area (Å²) in [5, 5.41) is 1.25. The minimum atomic E-state index is -0.420. The third-order valence-corrected chi connectivity index (χ3v) is 5.84. The molecule has 2 aliphatic rings. The first-order chi connectivity index (χ1) is 15.2. The highest BCUT2D eigenvalue weighted by molar-refractivity contribution is 6.33. The molecule has 3 heterocycles. The third kappa shape index (κ3) is 2.99. The van der Waals surface area contributed by atoms with Crippen molar-refractivity contribution in [1.82, 2.24) is 0 Å². The van der Waals surface area contributed by atoms with E-state index < -0.39 is 5.63 Å². The van der Waals surface area contributed by atoms with E-state index in [2.05, 4.69) is 0 Å². The lowest BCUT2D eigenvalue weighted by Crippen LogP contribution is -2.32. The van der Waals surface area contributed by atoms with E-state index in [9.17, 15) is 4.79 Å². The van der Waals surface area contributed by atoms with Crippen molar-refractivity contribution in [2.75, 3.05) is 18.4 Å². The Morgan fingerprint density at radius 3 is 2.61 bits per heavy atom. The molecule has 0 radical (unpaired) electrons. The molecule has 3 aromatic carbocycles. The Morgan fingerprint density at radius 1 is 0.903 bits per heavy atom. The van der Waals surface area contributed by atoms with Gasteiger partial charge in [-0.3, -0.25) is 0 Å². The number of rotatable bonds is 2. The van der Waals surface area contributed by atoms with E-state index in [4.69, 9.17) is 30.2 Å². The molecule has 1 aromatic heterocycles. The highest BCUT2D eigenvalue weighted by Gasteiger charge is 2.27. The van der Waals surface area contributed by atoms with Crippen molar-refractivity contribution in [1.29, 1.82) is 0 Å². The van der Waals surface area contributed by atoms with E-state index in [1.165, 1.54) is 6.07 Å². The fourth-order valence-corrected chi connectivity index (χ4v) is 4.37. The molecule has 4 aromatic rings. The second-order valence-electron chi connectivity index (χ2n) is 7.40. The zero-order valence-electron chi connectivity index (χ0n) is 16.3. The molecule has 0 atom stereocenters. The fourth-order valence-electron chi connectivity index (χ4n) is 4.09. The van der Waals surface area contributed by atoms with Crippen LogP contribution in [0.4, 0.5) is 5.69 Å². The molecule has 0 unspecified atom stereocenters. The van der Waals surface area contributed by atoms with Gasteiger partial charge in [-0.2, -0.15) is 0 Å². The lowest BCUT2D eigenvalue weighted by molar-refractivity contribution is 0.174. The number of anilines is 1. The van der Waals surface area contributed by atoms with Crippen LogP contribution in [-0.4, -0.2) is 13.5 Å². The largest absolute Gasteiger partial charge is 0.471 e. The first kappa shape index (κ1) is 18.2. The van der Waals surface area contributed by atoms with Crippen molar-refractivity contribution in [2.24, 2.45) is 0 Å². The van der Waals surface area contributed by atoms with E-state index in [0.29, 0.717) is 41.1 Å². The predicted molar refractivity (Wildman–Crippen MR) is 117 cm³/mol. The van der Waals surface area contributed by atoms with Crippen LogP contribution in [0.2, 0.25) is 5.02 Å². The average molecular weight is 434 g/mol. The summed E-state index contributed by atoms with van der Waals surface area (Å²) >= 11 is 6.59. The minimum absolute atomic E-state index is 0.214. The van der Waals surface area contributed by atoms with Gasteiger partial charge in [-0.05, 0) is 29.3 Å². The maximum Gasteiger partial charge on any atom is 0.336 e. The van der Waals surface area contributed by atoms with Crippen LogP contribution in [0.5, 0.6) is 17.2 Å².